The molecule has 206 valence electrons. The molecule has 1 saturated heterocycles. The predicted molar refractivity (Wildman–Crippen MR) is 136 cm³/mol. The molecule has 0 aromatic carbocycles. The summed E-state index contributed by atoms with van der Waals surface area (Å²) in [7, 11) is 0. The summed E-state index contributed by atoms with van der Waals surface area (Å²) in [5.41, 5.74) is 0. The van der Waals surface area contributed by atoms with Crippen molar-refractivity contribution in [3.8, 4) is 0 Å². The molecule has 0 spiro atoms. The summed E-state index contributed by atoms with van der Waals surface area (Å²) in [6, 6.07) is -0.379. The van der Waals surface area contributed by atoms with Crippen LogP contribution in [0.1, 0.15) is 27.7 Å². The Balaban J connectivity index is 2.32. The largest absolute Gasteiger partial charge is 0.447 e. The lowest BCUT2D eigenvalue weighted by Crippen LogP contribution is -2.54. The zero-order valence-corrected chi connectivity index (χ0v) is 22.4. The molecule has 1 aromatic rings. The van der Waals surface area contributed by atoms with Gasteiger partial charge in [-0.15, -0.1) is 0 Å². The first-order valence-corrected chi connectivity index (χ1v) is 12.6. The summed E-state index contributed by atoms with van der Waals surface area (Å²) in [6.07, 6.45) is 3.73. The van der Waals surface area contributed by atoms with Gasteiger partial charge in [0.1, 0.15) is 36.1 Å². The summed E-state index contributed by atoms with van der Waals surface area (Å²) in [5.74, 6) is 0.0223. The molecule has 1 atom stereocenters. The minimum atomic E-state index is -0.588. The van der Waals surface area contributed by atoms with E-state index in [9.17, 15) is 24.0 Å². The molecule has 37 heavy (non-hydrogen) atoms. The first-order chi connectivity index (χ1) is 17.5. The van der Waals surface area contributed by atoms with Crippen molar-refractivity contribution in [3.05, 3.63) is 18.7 Å². The number of ether oxygens (including phenoxy) is 1. The molecule has 1 fully saturated rings. The van der Waals surface area contributed by atoms with Crippen LogP contribution in [0, 0.1) is 0 Å². The molecule has 0 N–H and O–H groups in total. The van der Waals surface area contributed by atoms with E-state index in [0.29, 0.717) is 45.8 Å². The van der Waals surface area contributed by atoms with Gasteiger partial charge in [-0.05, 0) is 27.7 Å². The van der Waals surface area contributed by atoms with Gasteiger partial charge in [-0.1, -0.05) is 0 Å². The number of aromatic nitrogens is 2. The van der Waals surface area contributed by atoms with E-state index in [2.05, 4.69) is 4.98 Å². The van der Waals surface area contributed by atoms with Gasteiger partial charge < -0.3 is 4.74 Å². The first kappa shape index (κ1) is 30.4. The average Bonchev–Trinajstić information content (AvgIpc) is 3.33. The van der Waals surface area contributed by atoms with Crippen molar-refractivity contribution < 1.29 is 28.7 Å². The second-order valence-electron chi connectivity index (χ2n) is 9.77. The number of ketones is 4. The highest BCUT2D eigenvalue weighted by Gasteiger charge is 2.27. The molecule has 0 saturated carbocycles. The maximum Gasteiger partial charge on any atom is 0.419 e. The van der Waals surface area contributed by atoms with Crippen LogP contribution < -0.4 is 0 Å². The maximum absolute atomic E-state index is 12.5. The Hall–Kier alpha value is -2.80. The number of carbonyl (C=O) groups is 5. The molecule has 1 aromatic heterocycles. The molecule has 12 heteroatoms. The summed E-state index contributed by atoms with van der Waals surface area (Å²) in [4.78, 5) is 72.4. The topological polar surface area (TPSA) is 125 Å². The molecule has 12 nitrogen and oxygen atoms in total. The third-order valence-electron chi connectivity index (χ3n) is 6.03. The van der Waals surface area contributed by atoms with Crippen LogP contribution in [0.2, 0.25) is 0 Å². The Bertz CT molecular complexity index is 921. The third kappa shape index (κ3) is 11.9. The number of nitrogens with zero attached hydrogens (tertiary/aromatic N) is 6. The van der Waals surface area contributed by atoms with Gasteiger partial charge >= 0.3 is 6.09 Å². The summed E-state index contributed by atoms with van der Waals surface area (Å²) in [6.45, 7) is 10.6. The fourth-order valence-corrected chi connectivity index (χ4v) is 4.41. The standard InChI is InChI=1S/C25H40N6O6/c1-20(32)13-27-7-8-28(14-21(2)33)11-12-30(16-23(4)35)24(17-29(10-9-27)15-22(3)34)18-37-25(36)31-6-5-26-19-31/h5-6,19,24H,7-18H2,1-4H3. The number of rotatable bonds is 10. The molecule has 0 radical (unpaired) electrons. The molecule has 1 aliphatic rings. The van der Waals surface area contributed by atoms with E-state index in [1.165, 1.54) is 44.1 Å². The summed E-state index contributed by atoms with van der Waals surface area (Å²) < 4.78 is 6.81. The Labute approximate surface area is 218 Å². The molecule has 1 aliphatic heterocycles. The number of Topliss-reactive ketones (excluding diaryl/α,β-unsaturated/α-hetero) is 4. The second-order valence-corrected chi connectivity index (χ2v) is 9.77. The van der Waals surface area contributed by atoms with E-state index in [-0.39, 0.29) is 62.0 Å². The van der Waals surface area contributed by atoms with Gasteiger partial charge in [-0.2, -0.15) is 0 Å². The number of carbonyl (C=O) groups excluding carboxylic acids is 5. The van der Waals surface area contributed by atoms with E-state index in [4.69, 9.17) is 4.74 Å². The van der Waals surface area contributed by atoms with Gasteiger partial charge in [0.2, 0.25) is 0 Å². The van der Waals surface area contributed by atoms with Crippen LogP contribution in [0.3, 0.4) is 0 Å². The normalized spacial score (nSPS) is 19.5. The van der Waals surface area contributed by atoms with Crippen LogP contribution in [0.15, 0.2) is 18.7 Å². The van der Waals surface area contributed by atoms with Crippen molar-refractivity contribution in [3.63, 3.8) is 0 Å². The predicted octanol–water partition coefficient (Wildman–Crippen LogP) is -0.186. The van der Waals surface area contributed by atoms with E-state index in [0.717, 1.165) is 0 Å². The highest BCUT2D eigenvalue weighted by Crippen LogP contribution is 2.09. The average molecular weight is 521 g/mol. The van der Waals surface area contributed by atoms with Crippen LogP contribution >= 0.6 is 0 Å². The molecule has 1 unspecified atom stereocenters. The van der Waals surface area contributed by atoms with Crippen molar-refractivity contribution in [2.45, 2.75) is 33.7 Å². The summed E-state index contributed by atoms with van der Waals surface area (Å²) >= 11 is 0. The monoisotopic (exact) mass is 520 g/mol. The Kier molecular flexibility index (Phi) is 12.7. The number of hydrogen-bond donors (Lipinski definition) is 0. The highest BCUT2D eigenvalue weighted by molar-refractivity contribution is 5.79. The van der Waals surface area contributed by atoms with Gasteiger partial charge in [-0.3, -0.25) is 38.8 Å². The van der Waals surface area contributed by atoms with E-state index < -0.39 is 6.09 Å². The zero-order chi connectivity index (χ0) is 27.4. The lowest BCUT2D eigenvalue weighted by molar-refractivity contribution is -0.121. The van der Waals surface area contributed by atoms with Crippen molar-refractivity contribution in [1.82, 2.24) is 29.2 Å². The minimum Gasteiger partial charge on any atom is -0.447 e. The molecule has 2 rings (SSSR count). The smallest absolute Gasteiger partial charge is 0.419 e. The van der Waals surface area contributed by atoms with E-state index >= 15 is 0 Å². The SMILES string of the molecule is CC(=O)CN1CCN(CC(C)=O)CCN(CC(C)=O)C(COC(=O)n2ccnc2)CN(CC(C)=O)CC1. The second kappa shape index (κ2) is 15.5. The number of imidazole rings is 1. The van der Waals surface area contributed by atoms with Crippen molar-refractivity contribution >= 4 is 29.2 Å². The van der Waals surface area contributed by atoms with Crippen LogP contribution in [0.4, 0.5) is 4.79 Å². The minimum absolute atomic E-state index is 0.00255. The van der Waals surface area contributed by atoms with Gasteiger partial charge in [0, 0.05) is 58.2 Å². The third-order valence-corrected chi connectivity index (χ3v) is 6.03. The lowest BCUT2D eigenvalue weighted by atomic mass is 10.2. The van der Waals surface area contributed by atoms with Crippen molar-refractivity contribution in [2.75, 3.05) is 78.6 Å². The molecular weight excluding hydrogens is 480 g/mol. The van der Waals surface area contributed by atoms with Crippen molar-refractivity contribution in [1.29, 1.82) is 0 Å². The van der Waals surface area contributed by atoms with E-state index in [1.54, 1.807) is 6.92 Å². The highest BCUT2D eigenvalue weighted by atomic mass is 16.5. The van der Waals surface area contributed by atoms with Crippen LogP contribution in [0.5, 0.6) is 0 Å². The van der Waals surface area contributed by atoms with Gasteiger partial charge in [0.25, 0.3) is 0 Å². The van der Waals surface area contributed by atoms with Crippen LogP contribution in [-0.2, 0) is 23.9 Å². The number of hydrogen-bond acceptors (Lipinski definition) is 11. The fraction of sp³-hybridized carbons (Fsp3) is 0.680. The first-order valence-electron chi connectivity index (χ1n) is 12.6. The molecule has 0 amide bonds. The fourth-order valence-electron chi connectivity index (χ4n) is 4.41. The quantitative estimate of drug-likeness (QED) is 0.408. The maximum atomic E-state index is 12.5. The molecule has 2 heterocycles. The van der Waals surface area contributed by atoms with Crippen LogP contribution in [-0.4, -0.2) is 143 Å². The molecule has 0 bridgehead atoms. The van der Waals surface area contributed by atoms with Gasteiger partial charge in [0.15, 0.2) is 0 Å². The van der Waals surface area contributed by atoms with E-state index in [1.807, 2.05) is 19.6 Å². The van der Waals surface area contributed by atoms with Gasteiger partial charge in [0.05, 0.1) is 32.2 Å². The Morgan fingerprint density at radius 3 is 1.70 bits per heavy atom. The summed E-state index contributed by atoms with van der Waals surface area (Å²) in [5, 5.41) is 0. The zero-order valence-electron chi connectivity index (χ0n) is 22.4. The molecule has 0 aliphatic carbocycles. The Morgan fingerprint density at radius 2 is 1.22 bits per heavy atom. The van der Waals surface area contributed by atoms with Gasteiger partial charge in [-0.25, -0.2) is 14.3 Å². The molecular formula is C25H40N6O6. The van der Waals surface area contributed by atoms with Crippen molar-refractivity contribution in [2.24, 2.45) is 0 Å². The Morgan fingerprint density at radius 1 is 0.730 bits per heavy atom. The lowest BCUT2D eigenvalue weighted by Gasteiger charge is -2.37. The van der Waals surface area contributed by atoms with Crippen LogP contribution in [0.25, 0.3) is 0 Å².